The van der Waals surface area contributed by atoms with Crippen LogP contribution in [-0.4, -0.2) is 48.1 Å². The van der Waals surface area contributed by atoms with Gasteiger partial charge in [0.15, 0.2) is 0 Å². The van der Waals surface area contributed by atoms with Gasteiger partial charge in [-0.25, -0.2) is 8.42 Å². The lowest BCUT2D eigenvalue weighted by atomic mass is 9.95. The minimum Gasteiger partial charge on any atom is -0.332 e. The first kappa shape index (κ1) is 20.0. The molecule has 0 spiro atoms. The molecule has 1 amide bonds. The van der Waals surface area contributed by atoms with Crippen molar-refractivity contribution in [1.29, 1.82) is 0 Å². The molecular formula is C22H27N3O3S. The molecule has 1 aromatic heterocycles. The Bertz CT molecular complexity index is 939. The van der Waals surface area contributed by atoms with Crippen molar-refractivity contribution in [2.24, 2.45) is 0 Å². The topological polar surface area (TPSA) is 70.6 Å². The van der Waals surface area contributed by atoms with Gasteiger partial charge in [0.2, 0.25) is 10.0 Å². The zero-order chi connectivity index (χ0) is 20.3. The number of piperidine rings is 2. The summed E-state index contributed by atoms with van der Waals surface area (Å²) in [6.45, 7) is 1.85. The number of rotatable bonds is 4. The summed E-state index contributed by atoms with van der Waals surface area (Å²) in [6, 6.07) is 10.4. The van der Waals surface area contributed by atoms with Gasteiger partial charge in [-0.3, -0.25) is 9.78 Å². The van der Waals surface area contributed by atoms with E-state index in [1.165, 1.54) is 0 Å². The Kier molecular flexibility index (Phi) is 5.96. The second-order valence-corrected chi connectivity index (χ2v) is 9.72. The molecule has 0 aliphatic carbocycles. The highest BCUT2D eigenvalue weighted by Crippen LogP contribution is 2.32. The average molecular weight is 414 g/mol. The predicted molar refractivity (Wildman–Crippen MR) is 111 cm³/mol. The molecule has 29 heavy (non-hydrogen) atoms. The van der Waals surface area contributed by atoms with Crippen LogP contribution < -0.4 is 0 Å². The first-order valence-electron chi connectivity index (χ1n) is 10.4. The molecule has 4 rings (SSSR count). The van der Waals surface area contributed by atoms with Crippen LogP contribution in [0.4, 0.5) is 0 Å². The SMILES string of the molecule is O=C(c1ccc(S(=O)(=O)N2CCCCC2)cc1)N1CCCC[C@H]1c1cccnc1. The summed E-state index contributed by atoms with van der Waals surface area (Å²) in [6.07, 6.45) is 9.41. The number of hydrogen-bond donors (Lipinski definition) is 0. The molecule has 2 aliphatic heterocycles. The van der Waals surface area contributed by atoms with Crippen molar-refractivity contribution in [1.82, 2.24) is 14.2 Å². The molecule has 0 unspecified atom stereocenters. The van der Waals surface area contributed by atoms with Crippen LogP contribution in [0.5, 0.6) is 0 Å². The average Bonchev–Trinajstić information content (AvgIpc) is 2.80. The van der Waals surface area contributed by atoms with Crippen molar-refractivity contribution in [3.05, 3.63) is 59.9 Å². The predicted octanol–water partition coefficient (Wildman–Crippen LogP) is 3.62. The Morgan fingerprint density at radius 3 is 2.34 bits per heavy atom. The molecule has 2 aromatic rings. The van der Waals surface area contributed by atoms with Gasteiger partial charge in [0.05, 0.1) is 10.9 Å². The third-order valence-corrected chi connectivity index (χ3v) is 7.80. The molecule has 2 aliphatic rings. The molecular weight excluding hydrogens is 386 g/mol. The standard InChI is InChI=1S/C22H27N3O3S/c26-22(25-16-5-2-8-21(25)19-7-6-13-23-17-19)18-9-11-20(12-10-18)29(27,28)24-14-3-1-4-15-24/h6-7,9-13,17,21H,1-5,8,14-16H2/t21-/m0/s1. The van der Waals surface area contributed by atoms with Gasteiger partial charge in [0.1, 0.15) is 0 Å². The number of sulfonamides is 1. The number of benzene rings is 1. The van der Waals surface area contributed by atoms with Crippen molar-refractivity contribution >= 4 is 15.9 Å². The van der Waals surface area contributed by atoms with Crippen LogP contribution in [0.3, 0.4) is 0 Å². The molecule has 2 saturated heterocycles. The number of amides is 1. The van der Waals surface area contributed by atoms with Gasteiger partial charge in [-0.1, -0.05) is 12.5 Å². The molecule has 0 bridgehead atoms. The van der Waals surface area contributed by atoms with Gasteiger partial charge in [0, 0.05) is 37.6 Å². The van der Waals surface area contributed by atoms with E-state index < -0.39 is 10.0 Å². The molecule has 1 atom stereocenters. The van der Waals surface area contributed by atoms with Crippen molar-refractivity contribution < 1.29 is 13.2 Å². The van der Waals surface area contributed by atoms with Crippen molar-refractivity contribution in [2.45, 2.75) is 49.5 Å². The van der Waals surface area contributed by atoms with E-state index in [1.54, 1.807) is 34.8 Å². The highest BCUT2D eigenvalue weighted by molar-refractivity contribution is 7.89. The first-order chi connectivity index (χ1) is 14.1. The van der Waals surface area contributed by atoms with Gasteiger partial charge in [-0.15, -0.1) is 0 Å². The normalized spacial score (nSPS) is 21.1. The summed E-state index contributed by atoms with van der Waals surface area (Å²) in [5, 5.41) is 0. The van der Waals surface area contributed by atoms with Crippen LogP contribution in [0.15, 0.2) is 53.7 Å². The molecule has 2 fully saturated rings. The Labute approximate surface area is 172 Å². The van der Waals surface area contributed by atoms with E-state index in [0.717, 1.165) is 44.1 Å². The van der Waals surface area contributed by atoms with Gasteiger partial charge in [-0.05, 0) is 68.0 Å². The van der Waals surface area contributed by atoms with Crippen LogP contribution in [0, 0.1) is 0 Å². The maximum Gasteiger partial charge on any atom is 0.254 e. The lowest BCUT2D eigenvalue weighted by Crippen LogP contribution is -2.38. The van der Waals surface area contributed by atoms with Gasteiger partial charge < -0.3 is 4.90 Å². The number of likely N-dealkylation sites (tertiary alicyclic amines) is 1. The molecule has 7 heteroatoms. The molecule has 0 N–H and O–H groups in total. The van der Waals surface area contributed by atoms with E-state index in [1.807, 2.05) is 23.2 Å². The molecule has 3 heterocycles. The number of hydrogen-bond acceptors (Lipinski definition) is 4. The maximum atomic E-state index is 13.2. The lowest BCUT2D eigenvalue weighted by molar-refractivity contribution is 0.0611. The highest BCUT2D eigenvalue weighted by Gasteiger charge is 2.30. The van der Waals surface area contributed by atoms with Crippen molar-refractivity contribution in [3.63, 3.8) is 0 Å². The fourth-order valence-corrected chi connectivity index (χ4v) is 5.80. The third-order valence-electron chi connectivity index (χ3n) is 5.89. The molecule has 154 valence electrons. The number of nitrogens with zero attached hydrogens (tertiary/aromatic N) is 3. The largest absolute Gasteiger partial charge is 0.332 e. The minimum atomic E-state index is -3.48. The first-order valence-corrected chi connectivity index (χ1v) is 11.8. The smallest absolute Gasteiger partial charge is 0.254 e. The lowest BCUT2D eigenvalue weighted by Gasteiger charge is -2.36. The Morgan fingerprint density at radius 1 is 0.931 bits per heavy atom. The second kappa shape index (κ2) is 8.63. The van der Waals surface area contributed by atoms with Crippen LogP contribution in [-0.2, 0) is 10.0 Å². The maximum absolute atomic E-state index is 13.2. The quantitative estimate of drug-likeness (QED) is 0.768. The van der Waals surface area contributed by atoms with E-state index in [4.69, 9.17) is 0 Å². The Morgan fingerprint density at radius 2 is 1.66 bits per heavy atom. The van der Waals surface area contributed by atoms with Crippen LogP contribution in [0.2, 0.25) is 0 Å². The zero-order valence-electron chi connectivity index (χ0n) is 16.5. The van der Waals surface area contributed by atoms with Crippen LogP contribution >= 0.6 is 0 Å². The van der Waals surface area contributed by atoms with Gasteiger partial charge >= 0.3 is 0 Å². The molecule has 0 radical (unpaired) electrons. The third kappa shape index (κ3) is 4.21. The van der Waals surface area contributed by atoms with E-state index in [0.29, 0.717) is 25.2 Å². The minimum absolute atomic E-state index is 0.0155. The summed E-state index contributed by atoms with van der Waals surface area (Å²) in [4.78, 5) is 19.6. The monoisotopic (exact) mass is 413 g/mol. The molecule has 6 nitrogen and oxygen atoms in total. The molecule has 0 saturated carbocycles. The second-order valence-electron chi connectivity index (χ2n) is 7.79. The van der Waals surface area contributed by atoms with Crippen LogP contribution in [0.25, 0.3) is 0 Å². The van der Waals surface area contributed by atoms with Crippen molar-refractivity contribution in [3.8, 4) is 0 Å². The number of carbonyl (C=O) groups is 1. The van der Waals surface area contributed by atoms with Gasteiger partial charge in [-0.2, -0.15) is 4.31 Å². The number of aromatic nitrogens is 1. The Hall–Kier alpha value is -2.25. The van der Waals surface area contributed by atoms with E-state index in [-0.39, 0.29) is 16.8 Å². The fourth-order valence-electron chi connectivity index (χ4n) is 4.28. The Balaban J connectivity index is 1.54. The summed E-state index contributed by atoms with van der Waals surface area (Å²) in [5.74, 6) is -0.0551. The summed E-state index contributed by atoms with van der Waals surface area (Å²) in [5.41, 5.74) is 1.57. The van der Waals surface area contributed by atoms with E-state index >= 15 is 0 Å². The van der Waals surface area contributed by atoms with Crippen molar-refractivity contribution in [2.75, 3.05) is 19.6 Å². The van der Waals surface area contributed by atoms with Crippen LogP contribution in [0.1, 0.15) is 60.5 Å². The van der Waals surface area contributed by atoms with E-state index in [9.17, 15) is 13.2 Å². The highest BCUT2D eigenvalue weighted by atomic mass is 32.2. The number of carbonyl (C=O) groups excluding carboxylic acids is 1. The number of pyridine rings is 1. The van der Waals surface area contributed by atoms with Gasteiger partial charge in [0.25, 0.3) is 5.91 Å². The molecule has 1 aromatic carbocycles. The summed E-state index contributed by atoms with van der Waals surface area (Å²) >= 11 is 0. The summed E-state index contributed by atoms with van der Waals surface area (Å²) < 4.78 is 27.2. The van der Waals surface area contributed by atoms with E-state index in [2.05, 4.69) is 4.98 Å². The fraction of sp³-hybridized carbons (Fsp3) is 0.455. The zero-order valence-corrected chi connectivity index (χ0v) is 17.4. The summed E-state index contributed by atoms with van der Waals surface area (Å²) in [7, 11) is -3.48.